The van der Waals surface area contributed by atoms with Crippen molar-refractivity contribution < 1.29 is 0 Å². The fraction of sp³-hybridized carbons (Fsp3) is 0.500. The maximum atomic E-state index is 4.29. The molecule has 0 aliphatic heterocycles. The van der Waals surface area contributed by atoms with Crippen LogP contribution in [-0.4, -0.2) is 25.9 Å². The molecule has 92 valence electrons. The van der Waals surface area contributed by atoms with Gasteiger partial charge >= 0.3 is 0 Å². The van der Waals surface area contributed by atoms with Crippen molar-refractivity contribution in [2.45, 2.75) is 19.9 Å². The standard InChI is InChI=1S/C12H19N5/c1-10-11(9-15-17(10)3)8-13-5-4-12-14-6-7-16(12)2/h6-7,9,13H,4-5,8H2,1-3H3. The number of hydrogen-bond acceptors (Lipinski definition) is 3. The first-order valence-corrected chi connectivity index (χ1v) is 5.83. The van der Waals surface area contributed by atoms with Gasteiger partial charge in [0, 0.05) is 57.3 Å². The zero-order valence-electron chi connectivity index (χ0n) is 10.6. The van der Waals surface area contributed by atoms with Gasteiger partial charge in [-0.3, -0.25) is 4.68 Å². The minimum Gasteiger partial charge on any atom is -0.338 e. The summed E-state index contributed by atoms with van der Waals surface area (Å²) >= 11 is 0. The van der Waals surface area contributed by atoms with Crippen molar-refractivity contribution in [1.82, 2.24) is 24.6 Å². The maximum absolute atomic E-state index is 4.29. The minimum atomic E-state index is 0.865. The predicted molar refractivity (Wildman–Crippen MR) is 66.6 cm³/mol. The fourth-order valence-electron chi connectivity index (χ4n) is 1.78. The number of rotatable bonds is 5. The van der Waals surface area contributed by atoms with E-state index < -0.39 is 0 Å². The van der Waals surface area contributed by atoms with Crippen LogP contribution >= 0.6 is 0 Å². The molecular weight excluding hydrogens is 214 g/mol. The van der Waals surface area contributed by atoms with Crippen LogP contribution in [0.3, 0.4) is 0 Å². The molecule has 2 heterocycles. The zero-order valence-corrected chi connectivity index (χ0v) is 10.6. The molecule has 0 spiro atoms. The van der Waals surface area contributed by atoms with Crippen LogP contribution in [0.2, 0.25) is 0 Å². The molecule has 0 unspecified atom stereocenters. The van der Waals surface area contributed by atoms with Crippen molar-refractivity contribution in [3.8, 4) is 0 Å². The second-order valence-corrected chi connectivity index (χ2v) is 4.26. The van der Waals surface area contributed by atoms with Crippen LogP contribution in [0.4, 0.5) is 0 Å². The lowest BCUT2D eigenvalue weighted by molar-refractivity contribution is 0.651. The van der Waals surface area contributed by atoms with Gasteiger partial charge in [0.2, 0.25) is 0 Å². The third-order valence-corrected chi connectivity index (χ3v) is 3.10. The molecule has 17 heavy (non-hydrogen) atoms. The van der Waals surface area contributed by atoms with E-state index in [1.807, 2.05) is 37.4 Å². The van der Waals surface area contributed by atoms with Gasteiger partial charge in [0.25, 0.3) is 0 Å². The zero-order chi connectivity index (χ0) is 12.3. The summed E-state index contributed by atoms with van der Waals surface area (Å²) in [6.07, 6.45) is 6.67. The van der Waals surface area contributed by atoms with E-state index in [9.17, 15) is 0 Å². The van der Waals surface area contributed by atoms with Crippen molar-refractivity contribution in [2.75, 3.05) is 6.54 Å². The number of imidazole rings is 1. The maximum Gasteiger partial charge on any atom is 0.109 e. The van der Waals surface area contributed by atoms with E-state index in [1.54, 1.807) is 0 Å². The van der Waals surface area contributed by atoms with E-state index >= 15 is 0 Å². The molecule has 0 amide bonds. The first-order chi connectivity index (χ1) is 8.18. The summed E-state index contributed by atoms with van der Waals surface area (Å²) in [5, 5.41) is 7.63. The molecule has 0 saturated carbocycles. The first-order valence-electron chi connectivity index (χ1n) is 5.83. The van der Waals surface area contributed by atoms with E-state index in [0.29, 0.717) is 0 Å². The highest BCUT2D eigenvalue weighted by atomic mass is 15.3. The fourth-order valence-corrected chi connectivity index (χ4v) is 1.78. The molecule has 0 aliphatic rings. The van der Waals surface area contributed by atoms with Gasteiger partial charge in [-0.2, -0.15) is 5.10 Å². The molecule has 2 aromatic rings. The molecule has 0 aliphatic carbocycles. The summed E-state index contributed by atoms with van der Waals surface area (Å²) < 4.78 is 3.95. The Bertz CT molecular complexity index is 483. The van der Waals surface area contributed by atoms with E-state index in [4.69, 9.17) is 0 Å². The molecule has 0 saturated heterocycles. The summed E-state index contributed by atoms with van der Waals surface area (Å²) in [5.41, 5.74) is 2.47. The Morgan fingerprint density at radius 2 is 2.18 bits per heavy atom. The predicted octanol–water partition coefficient (Wildman–Crippen LogP) is 0.794. The Kier molecular flexibility index (Phi) is 3.58. The number of aromatic nitrogens is 4. The van der Waals surface area contributed by atoms with E-state index in [0.717, 1.165) is 25.3 Å². The molecule has 2 rings (SSSR count). The lowest BCUT2D eigenvalue weighted by Gasteiger charge is -2.04. The first kappa shape index (κ1) is 11.9. The monoisotopic (exact) mass is 233 g/mol. The van der Waals surface area contributed by atoms with Crippen molar-refractivity contribution in [3.63, 3.8) is 0 Å². The molecular formula is C12H19N5. The van der Waals surface area contributed by atoms with Crippen LogP contribution in [-0.2, 0) is 27.1 Å². The van der Waals surface area contributed by atoms with Crippen LogP contribution in [0.25, 0.3) is 0 Å². The van der Waals surface area contributed by atoms with Gasteiger partial charge in [0.15, 0.2) is 0 Å². The van der Waals surface area contributed by atoms with Crippen LogP contribution < -0.4 is 5.32 Å². The highest BCUT2D eigenvalue weighted by Crippen LogP contribution is 2.04. The van der Waals surface area contributed by atoms with Gasteiger partial charge in [-0.05, 0) is 6.92 Å². The van der Waals surface area contributed by atoms with E-state index in [2.05, 4.69) is 26.9 Å². The van der Waals surface area contributed by atoms with E-state index in [-0.39, 0.29) is 0 Å². The van der Waals surface area contributed by atoms with Crippen LogP contribution in [0.15, 0.2) is 18.6 Å². The highest BCUT2D eigenvalue weighted by Gasteiger charge is 2.03. The largest absolute Gasteiger partial charge is 0.338 e. The Labute approximate surface area is 101 Å². The lowest BCUT2D eigenvalue weighted by Crippen LogP contribution is -2.18. The molecule has 2 aromatic heterocycles. The average Bonchev–Trinajstić information content (AvgIpc) is 2.85. The van der Waals surface area contributed by atoms with Gasteiger partial charge < -0.3 is 9.88 Å². The quantitative estimate of drug-likeness (QED) is 0.777. The molecule has 1 N–H and O–H groups in total. The van der Waals surface area contributed by atoms with Crippen LogP contribution in [0.5, 0.6) is 0 Å². The Balaban J connectivity index is 1.77. The lowest BCUT2D eigenvalue weighted by atomic mass is 10.2. The van der Waals surface area contributed by atoms with Gasteiger partial charge in [0.1, 0.15) is 5.82 Å². The summed E-state index contributed by atoms with van der Waals surface area (Å²) in [6, 6.07) is 0. The summed E-state index contributed by atoms with van der Waals surface area (Å²) in [4.78, 5) is 4.29. The smallest absolute Gasteiger partial charge is 0.109 e. The Hall–Kier alpha value is -1.62. The SMILES string of the molecule is Cc1c(CNCCc2nccn2C)cnn1C. The normalized spacial score (nSPS) is 11.0. The number of hydrogen-bond donors (Lipinski definition) is 1. The Morgan fingerprint density at radius 3 is 2.76 bits per heavy atom. The van der Waals surface area contributed by atoms with E-state index in [1.165, 1.54) is 11.3 Å². The third kappa shape index (κ3) is 2.74. The summed E-state index contributed by atoms with van der Waals surface area (Å²) in [6.45, 7) is 3.88. The topological polar surface area (TPSA) is 47.7 Å². The molecule has 0 bridgehead atoms. The van der Waals surface area contributed by atoms with Gasteiger partial charge in [0.05, 0.1) is 6.20 Å². The molecule has 0 aromatic carbocycles. The van der Waals surface area contributed by atoms with Gasteiger partial charge in [-0.15, -0.1) is 0 Å². The van der Waals surface area contributed by atoms with Crippen molar-refractivity contribution in [2.24, 2.45) is 14.1 Å². The minimum absolute atomic E-state index is 0.865. The van der Waals surface area contributed by atoms with Crippen LogP contribution in [0.1, 0.15) is 17.1 Å². The molecule has 5 heteroatoms. The van der Waals surface area contributed by atoms with Crippen molar-refractivity contribution in [3.05, 3.63) is 35.7 Å². The third-order valence-electron chi connectivity index (χ3n) is 3.10. The Morgan fingerprint density at radius 1 is 1.35 bits per heavy atom. The number of nitrogens with zero attached hydrogens (tertiary/aromatic N) is 4. The molecule has 5 nitrogen and oxygen atoms in total. The number of nitrogens with one attached hydrogen (secondary N) is 1. The van der Waals surface area contributed by atoms with Gasteiger partial charge in [-0.1, -0.05) is 0 Å². The van der Waals surface area contributed by atoms with Crippen LogP contribution in [0, 0.1) is 6.92 Å². The van der Waals surface area contributed by atoms with Crippen molar-refractivity contribution >= 4 is 0 Å². The summed E-state index contributed by atoms with van der Waals surface area (Å²) in [7, 11) is 3.99. The summed E-state index contributed by atoms with van der Waals surface area (Å²) in [5.74, 6) is 1.11. The highest BCUT2D eigenvalue weighted by molar-refractivity contribution is 5.15. The number of aryl methyl sites for hydroxylation is 2. The molecule has 0 fully saturated rings. The second-order valence-electron chi connectivity index (χ2n) is 4.26. The molecule has 0 radical (unpaired) electrons. The molecule has 0 atom stereocenters. The second kappa shape index (κ2) is 5.14. The van der Waals surface area contributed by atoms with Gasteiger partial charge in [-0.25, -0.2) is 4.98 Å². The van der Waals surface area contributed by atoms with Crippen molar-refractivity contribution in [1.29, 1.82) is 0 Å². The average molecular weight is 233 g/mol.